The van der Waals surface area contributed by atoms with Crippen LogP contribution in [0.2, 0.25) is 0 Å². The van der Waals surface area contributed by atoms with E-state index in [0.717, 1.165) is 25.2 Å². The molecule has 2 atom stereocenters. The predicted octanol–water partition coefficient (Wildman–Crippen LogP) is 1.58. The molecule has 0 radical (unpaired) electrons. The van der Waals surface area contributed by atoms with Gasteiger partial charge in [-0.1, -0.05) is 12.2 Å². The standard InChI is InChI=1S/C16H29N3O/c1-5-17(9-13(2)3)16(20)12-19-11-15-7-6-8-18(15)10-14(19)4/h14-15H,2,5-12H2,1,3-4H3/t14-,15-/m0/s1. The van der Waals surface area contributed by atoms with Crippen molar-refractivity contribution in [3.8, 4) is 0 Å². The molecule has 0 aromatic carbocycles. The Bertz CT molecular complexity index is 369. The molecule has 0 spiro atoms. The van der Waals surface area contributed by atoms with Gasteiger partial charge < -0.3 is 4.90 Å². The lowest BCUT2D eigenvalue weighted by Gasteiger charge is -2.42. The molecule has 0 saturated carbocycles. The van der Waals surface area contributed by atoms with E-state index in [1.165, 1.54) is 19.4 Å². The Morgan fingerprint density at radius 2 is 2.15 bits per heavy atom. The van der Waals surface area contributed by atoms with Crippen LogP contribution in [0, 0.1) is 0 Å². The molecule has 4 nitrogen and oxygen atoms in total. The number of likely N-dealkylation sites (N-methyl/N-ethyl adjacent to an activating group) is 1. The minimum absolute atomic E-state index is 0.244. The number of hydrogen-bond donors (Lipinski definition) is 0. The van der Waals surface area contributed by atoms with Crippen molar-refractivity contribution < 1.29 is 4.79 Å². The normalized spacial score (nSPS) is 27.4. The van der Waals surface area contributed by atoms with Crippen molar-refractivity contribution in [2.45, 2.75) is 45.7 Å². The highest BCUT2D eigenvalue weighted by Crippen LogP contribution is 2.24. The minimum Gasteiger partial charge on any atom is -0.338 e. The predicted molar refractivity (Wildman–Crippen MR) is 82.7 cm³/mol. The lowest BCUT2D eigenvalue weighted by atomic mass is 10.1. The maximum absolute atomic E-state index is 12.4. The highest BCUT2D eigenvalue weighted by Gasteiger charge is 2.35. The molecule has 2 fully saturated rings. The molecule has 0 bridgehead atoms. The molecule has 0 aromatic heterocycles. The third-order valence-electron chi connectivity index (χ3n) is 4.60. The maximum Gasteiger partial charge on any atom is 0.237 e. The summed E-state index contributed by atoms with van der Waals surface area (Å²) in [4.78, 5) is 19.3. The van der Waals surface area contributed by atoms with Crippen LogP contribution in [0.4, 0.5) is 0 Å². The van der Waals surface area contributed by atoms with E-state index in [2.05, 4.69) is 23.3 Å². The molecular weight excluding hydrogens is 250 g/mol. The Hall–Kier alpha value is -0.870. The van der Waals surface area contributed by atoms with Crippen molar-refractivity contribution in [2.24, 2.45) is 0 Å². The van der Waals surface area contributed by atoms with Gasteiger partial charge in [0.1, 0.15) is 0 Å². The first-order valence-corrected chi connectivity index (χ1v) is 7.91. The topological polar surface area (TPSA) is 26.8 Å². The van der Waals surface area contributed by atoms with Gasteiger partial charge in [0.2, 0.25) is 5.91 Å². The van der Waals surface area contributed by atoms with Crippen molar-refractivity contribution in [3.63, 3.8) is 0 Å². The molecule has 0 aliphatic carbocycles. The first-order chi connectivity index (χ1) is 9.51. The number of hydrogen-bond acceptors (Lipinski definition) is 3. The van der Waals surface area contributed by atoms with Gasteiger partial charge in [-0.15, -0.1) is 0 Å². The summed E-state index contributed by atoms with van der Waals surface area (Å²) in [5.74, 6) is 0.244. The number of carbonyl (C=O) groups excluding carboxylic acids is 1. The molecule has 2 rings (SSSR count). The lowest BCUT2D eigenvalue weighted by Crippen LogP contribution is -2.57. The molecule has 114 valence electrons. The zero-order chi connectivity index (χ0) is 14.7. The van der Waals surface area contributed by atoms with E-state index in [9.17, 15) is 4.79 Å². The molecule has 1 amide bonds. The number of piperazine rings is 1. The average Bonchev–Trinajstić information content (AvgIpc) is 2.82. The third kappa shape index (κ3) is 3.61. The highest BCUT2D eigenvalue weighted by atomic mass is 16.2. The van der Waals surface area contributed by atoms with Crippen LogP contribution in [0.5, 0.6) is 0 Å². The fraction of sp³-hybridized carbons (Fsp3) is 0.812. The van der Waals surface area contributed by atoms with E-state index in [1.54, 1.807) is 0 Å². The summed E-state index contributed by atoms with van der Waals surface area (Å²) < 4.78 is 0. The summed E-state index contributed by atoms with van der Waals surface area (Å²) in [7, 11) is 0. The average molecular weight is 279 g/mol. The monoisotopic (exact) mass is 279 g/mol. The van der Waals surface area contributed by atoms with Gasteiger partial charge in [-0.3, -0.25) is 14.6 Å². The molecule has 2 aliphatic heterocycles. The Morgan fingerprint density at radius 1 is 1.40 bits per heavy atom. The zero-order valence-electron chi connectivity index (χ0n) is 13.3. The molecular formula is C16H29N3O. The Labute approximate surface area is 123 Å². The van der Waals surface area contributed by atoms with Crippen LogP contribution >= 0.6 is 0 Å². The fourth-order valence-electron chi connectivity index (χ4n) is 3.44. The molecule has 2 aliphatic rings. The van der Waals surface area contributed by atoms with Crippen molar-refractivity contribution in [3.05, 3.63) is 12.2 Å². The van der Waals surface area contributed by atoms with Crippen LogP contribution < -0.4 is 0 Å². The summed E-state index contributed by atoms with van der Waals surface area (Å²) in [6.45, 7) is 15.6. The van der Waals surface area contributed by atoms with E-state index in [0.29, 0.717) is 25.2 Å². The fourth-order valence-corrected chi connectivity index (χ4v) is 3.44. The lowest BCUT2D eigenvalue weighted by molar-refractivity contribution is -0.133. The highest BCUT2D eigenvalue weighted by molar-refractivity contribution is 5.78. The summed E-state index contributed by atoms with van der Waals surface area (Å²) in [5.41, 5.74) is 1.05. The van der Waals surface area contributed by atoms with Crippen molar-refractivity contribution in [1.29, 1.82) is 0 Å². The number of carbonyl (C=O) groups is 1. The quantitative estimate of drug-likeness (QED) is 0.715. The SMILES string of the molecule is C=C(C)CN(CC)C(=O)CN1C[C@@H]2CCCN2C[C@@H]1C. The number of rotatable bonds is 5. The second-order valence-corrected chi connectivity index (χ2v) is 6.43. The molecule has 0 aromatic rings. The van der Waals surface area contributed by atoms with Crippen LogP contribution in [0.1, 0.15) is 33.6 Å². The van der Waals surface area contributed by atoms with Crippen molar-refractivity contribution >= 4 is 5.91 Å². The largest absolute Gasteiger partial charge is 0.338 e. The maximum atomic E-state index is 12.4. The Balaban J connectivity index is 1.91. The molecule has 2 saturated heterocycles. The first-order valence-electron chi connectivity index (χ1n) is 7.91. The summed E-state index contributed by atoms with van der Waals surface area (Å²) in [6, 6.07) is 1.16. The van der Waals surface area contributed by atoms with Crippen LogP contribution in [0.3, 0.4) is 0 Å². The second kappa shape index (κ2) is 6.72. The van der Waals surface area contributed by atoms with Gasteiger partial charge in [-0.2, -0.15) is 0 Å². The number of nitrogens with zero attached hydrogens (tertiary/aromatic N) is 3. The van der Waals surface area contributed by atoms with Crippen LogP contribution in [0.25, 0.3) is 0 Å². The molecule has 2 heterocycles. The van der Waals surface area contributed by atoms with Gasteiger partial charge in [0.25, 0.3) is 0 Å². The first kappa shape index (κ1) is 15.5. The van der Waals surface area contributed by atoms with E-state index in [1.807, 2.05) is 18.7 Å². The van der Waals surface area contributed by atoms with Gasteiger partial charge in [0.05, 0.1) is 6.54 Å². The van der Waals surface area contributed by atoms with Crippen LogP contribution in [-0.2, 0) is 4.79 Å². The second-order valence-electron chi connectivity index (χ2n) is 6.43. The van der Waals surface area contributed by atoms with Crippen LogP contribution in [-0.4, -0.2) is 72.0 Å². The molecule has 0 unspecified atom stereocenters. The van der Waals surface area contributed by atoms with Crippen molar-refractivity contribution in [2.75, 3.05) is 39.3 Å². The summed E-state index contributed by atoms with van der Waals surface area (Å²) in [5, 5.41) is 0. The minimum atomic E-state index is 0.244. The smallest absolute Gasteiger partial charge is 0.237 e. The van der Waals surface area contributed by atoms with E-state index in [-0.39, 0.29) is 5.91 Å². The Kier molecular flexibility index (Phi) is 5.22. The molecule has 20 heavy (non-hydrogen) atoms. The Morgan fingerprint density at radius 3 is 2.80 bits per heavy atom. The van der Waals surface area contributed by atoms with E-state index < -0.39 is 0 Å². The van der Waals surface area contributed by atoms with Crippen LogP contribution in [0.15, 0.2) is 12.2 Å². The van der Waals surface area contributed by atoms with Gasteiger partial charge in [0, 0.05) is 38.3 Å². The van der Waals surface area contributed by atoms with Gasteiger partial charge in [-0.05, 0) is 40.2 Å². The summed E-state index contributed by atoms with van der Waals surface area (Å²) in [6.07, 6.45) is 2.61. The van der Waals surface area contributed by atoms with E-state index in [4.69, 9.17) is 0 Å². The number of fused-ring (bicyclic) bond motifs is 1. The summed E-state index contributed by atoms with van der Waals surface area (Å²) >= 11 is 0. The van der Waals surface area contributed by atoms with Gasteiger partial charge in [-0.25, -0.2) is 0 Å². The zero-order valence-corrected chi connectivity index (χ0v) is 13.3. The third-order valence-corrected chi connectivity index (χ3v) is 4.60. The number of amides is 1. The van der Waals surface area contributed by atoms with Gasteiger partial charge in [0.15, 0.2) is 0 Å². The van der Waals surface area contributed by atoms with Gasteiger partial charge >= 0.3 is 0 Å². The molecule has 4 heteroatoms. The molecule has 0 N–H and O–H groups in total. The van der Waals surface area contributed by atoms with E-state index >= 15 is 0 Å². The van der Waals surface area contributed by atoms with Crippen molar-refractivity contribution in [1.82, 2.24) is 14.7 Å².